The summed E-state index contributed by atoms with van der Waals surface area (Å²) < 4.78 is 5.61. The van der Waals surface area contributed by atoms with Crippen molar-refractivity contribution in [2.75, 3.05) is 0 Å². The minimum atomic E-state index is 0.422. The van der Waals surface area contributed by atoms with Gasteiger partial charge in [-0.1, -0.05) is 23.8 Å². The smallest absolute Gasteiger partial charge is 0.219 e. The van der Waals surface area contributed by atoms with Gasteiger partial charge in [-0.2, -0.15) is 0 Å². The lowest BCUT2D eigenvalue weighted by Crippen LogP contribution is -2.00. The number of hydrogen-bond donors (Lipinski definition) is 1. The quantitative estimate of drug-likeness (QED) is 0.854. The summed E-state index contributed by atoms with van der Waals surface area (Å²) in [6, 6.07) is 13.4. The van der Waals surface area contributed by atoms with Gasteiger partial charge in [-0.3, -0.25) is 0 Å². The minimum absolute atomic E-state index is 0.422. The van der Waals surface area contributed by atoms with Crippen molar-refractivity contribution < 1.29 is 4.74 Å². The fourth-order valence-electron chi connectivity index (χ4n) is 1.36. The number of ether oxygens (including phenoxy) is 1. The topological polar surface area (TPSA) is 48.1 Å². The molecule has 0 spiro atoms. The van der Waals surface area contributed by atoms with Gasteiger partial charge >= 0.3 is 0 Å². The molecule has 0 bridgehead atoms. The number of aromatic nitrogens is 1. The standard InChI is InChI=1S/C13H14N2O/c1-10-5-7-12(8-6-10)16-13-4-2-3-11(9-14)15-13/h2-8H,9,14H2,1H3. The van der Waals surface area contributed by atoms with Crippen LogP contribution in [0.1, 0.15) is 11.3 Å². The maximum absolute atomic E-state index is 5.61. The van der Waals surface area contributed by atoms with Crippen molar-refractivity contribution in [2.45, 2.75) is 13.5 Å². The molecule has 2 N–H and O–H groups in total. The monoisotopic (exact) mass is 214 g/mol. The van der Waals surface area contributed by atoms with Crippen LogP contribution in [0, 0.1) is 6.92 Å². The highest BCUT2D eigenvalue weighted by molar-refractivity contribution is 5.30. The van der Waals surface area contributed by atoms with Crippen molar-refractivity contribution in [1.29, 1.82) is 0 Å². The van der Waals surface area contributed by atoms with E-state index in [1.54, 1.807) is 0 Å². The van der Waals surface area contributed by atoms with Crippen LogP contribution in [-0.2, 0) is 6.54 Å². The highest BCUT2D eigenvalue weighted by Crippen LogP contribution is 2.19. The van der Waals surface area contributed by atoms with E-state index in [-0.39, 0.29) is 0 Å². The van der Waals surface area contributed by atoms with E-state index in [9.17, 15) is 0 Å². The first kappa shape index (κ1) is 10.6. The average Bonchev–Trinajstić information content (AvgIpc) is 2.32. The lowest BCUT2D eigenvalue weighted by Gasteiger charge is -2.05. The van der Waals surface area contributed by atoms with Gasteiger partial charge in [-0.25, -0.2) is 4.98 Å². The van der Waals surface area contributed by atoms with Gasteiger partial charge in [0.15, 0.2) is 0 Å². The van der Waals surface area contributed by atoms with Gasteiger partial charge < -0.3 is 10.5 Å². The third kappa shape index (κ3) is 2.58. The van der Waals surface area contributed by atoms with Gasteiger partial charge in [0.25, 0.3) is 0 Å². The molecule has 3 heteroatoms. The summed E-state index contributed by atoms with van der Waals surface area (Å²) in [4.78, 5) is 4.26. The Morgan fingerprint density at radius 3 is 2.56 bits per heavy atom. The average molecular weight is 214 g/mol. The maximum atomic E-state index is 5.61. The molecule has 0 aliphatic heterocycles. The van der Waals surface area contributed by atoms with Crippen LogP contribution in [0.5, 0.6) is 11.6 Å². The second-order valence-corrected chi connectivity index (χ2v) is 3.59. The Balaban J connectivity index is 2.16. The van der Waals surface area contributed by atoms with Crippen LogP contribution in [0.2, 0.25) is 0 Å². The summed E-state index contributed by atoms with van der Waals surface area (Å²) in [6.45, 7) is 2.46. The highest BCUT2D eigenvalue weighted by atomic mass is 16.5. The SMILES string of the molecule is Cc1ccc(Oc2cccc(CN)n2)cc1. The summed E-state index contributed by atoms with van der Waals surface area (Å²) >= 11 is 0. The highest BCUT2D eigenvalue weighted by Gasteiger charge is 1.99. The van der Waals surface area contributed by atoms with Crippen LogP contribution in [0.3, 0.4) is 0 Å². The normalized spacial score (nSPS) is 10.1. The fraction of sp³-hybridized carbons (Fsp3) is 0.154. The summed E-state index contributed by atoms with van der Waals surface area (Å²) in [5.74, 6) is 1.36. The van der Waals surface area contributed by atoms with Crippen LogP contribution in [0.25, 0.3) is 0 Å². The zero-order valence-electron chi connectivity index (χ0n) is 9.18. The number of nitrogens with two attached hydrogens (primary N) is 1. The predicted octanol–water partition coefficient (Wildman–Crippen LogP) is 2.64. The zero-order valence-corrected chi connectivity index (χ0v) is 9.18. The molecule has 0 amide bonds. The van der Waals surface area contributed by atoms with E-state index in [4.69, 9.17) is 10.5 Å². The summed E-state index contributed by atoms with van der Waals surface area (Å²) in [6.07, 6.45) is 0. The van der Waals surface area contributed by atoms with Crippen LogP contribution in [-0.4, -0.2) is 4.98 Å². The van der Waals surface area contributed by atoms with E-state index in [1.165, 1.54) is 5.56 Å². The summed E-state index contributed by atoms with van der Waals surface area (Å²) in [7, 11) is 0. The molecule has 2 aromatic rings. The van der Waals surface area contributed by atoms with Gasteiger partial charge in [0.1, 0.15) is 5.75 Å². The van der Waals surface area contributed by atoms with E-state index < -0.39 is 0 Å². The van der Waals surface area contributed by atoms with Gasteiger partial charge in [-0.05, 0) is 25.1 Å². The van der Waals surface area contributed by atoms with Crippen molar-refractivity contribution in [3.05, 3.63) is 53.7 Å². The first-order valence-corrected chi connectivity index (χ1v) is 5.18. The number of rotatable bonds is 3. The molecule has 1 heterocycles. The van der Waals surface area contributed by atoms with Gasteiger partial charge in [-0.15, -0.1) is 0 Å². The molecule has 0 saturated carbocycles. The van der Waals surface area contributed by atoms with Crippen LogP contribution in [0.15, 0.2) is 42.5 Å². The molecule has 0 aliphatic carbocycles. The van der Waals surface area contributed by atoms with Gasteiger partial charge in [0.05, 0.1) is 5.69 Å². The van der Waals surface area contributed by atoms with Crippen molar-refractivity contribution >= 4 is 0 Å². The number of benzene rings is 1. The third-order valence-electron chi connectivity index (χ3n) is 2.23. The Hall–Kier alpha value is -1.87. The summed E-state index contributed by atoms with van der Waals surface area (Å²) in [5.41, 5.74) is 7.54. The minimum Gasteiger partial charge on any atom is -0.439 e. The zero-order chi connectivity index (χ0) is 11.4. The van der Waals surface area contributed by atoms with Crippen molar-refractivity contribution in [2.24, 2.45) is 5.73 Å². The second-order valence-electron chi connectivity index (χ2n) is 3.59. The van der Waals surface area contributed by atoms with E-state index in [0.29, 0.717) is 12.4 Å². The molecule has 0 unspecified atom stereocenters. The largest absolute Gasteiger partial charge is 0.439 e. The third-order valence-corrected chi connectivity index (χ3v) is 2.23. The number of aryl methyl sites for hydroxylation is 1. The molecule has 0 aliphatic rings. The molecule has 0 fully saturated rings. The predicted molar refractivity (Wildman–Crippen MR) is 63.4 cm³/mol. The molecule has 3 nitrogen and oxygen atoms in total. The van der Waals surface area contributed by atoms with E-state index in [1.807, 2.05) is 49.4 Å². The van der Waals surface area contributed by atoms with Crippen molar-refractivity contribution in [3.63, 3.8) is 0 Å². The number of hydrogen-bond acceptors (Lipinski definition) is 3. The Bertz CT molecular complexity index is 466. The molecule has 1 aromatic heterocycles. The molecule has 0 radical (unpaired) electrons. The first-order valence-electron chi connectivity index (χ1n) is 5.18. The van der Waals surface area contributed by atoms with Gasteiger partial charge in [0.2, 0.25) is 5.88 Å². The molecule has 1 aromatic carbocycles. The molecule has 0 atom stereocenters. The van der Waals surface area contributed by atoms with Crippen LogP contribution >= 0.6 is 0 Å². The van der Waals surface area contributed by atoms with E-state index in [0.717, 1.165) is 11.4 Å². The Morgan fingerprint density at radius 2 is 1.88 bits per heavy atom. The second kappa shape index (κ2) is 4.77. The van der Waals surface area contributed by atoms with E-state index in [2.05, 4.69) is 4.98 Å². The Kier molecular flexibility index (Phi) is 3.17. The maximum Gasteiger partial charge on any atom is 0.219 e. The van der Waals surface area contributed by atoms with Crippen molar-refractivity contribution in [1.82, 2.24) is 4.98 Å². The van der Waals surface area contributed by atoms with Crippen LogP contribution in [0.4, 0.5) is 0 Å². The number of nitrogens with zero attached hydrogens (tertiary/aromatic N) is 1. The lowest BCUT2D eigenvalue weighted by atomic mass is 10.2. The van der Waals surface area contributed by atoms with E-state index >= 15 is 0 Å². The first-order chi connectivity index (χ1) is 7.78. The Morgan fingerprint density at radius 1 is 1.12 bits per heavy atom. The number of pyridine rings is 1. The van der Waals surface area contributed by atoms with Crippen LogP contribution < -0.4 is 10.5 Å². The molecule has 16 heavy (non-hydrogen) atoms. The molecule has 82 valence electrons. The molecular weight excluding hydrogens is 200 g/mol. The van der Waals surface area contributed by atoms with Crippen molar-refractivity contribution in [3.8, 4) is 11.6 Å². The molecule has 2 rings (SSSR count). The summed E-state index contributed by atoms with van der Waals surface area (Å²) in [5, 5.41) is 0. The lowest BCUT2D eigenvalue weighted by molar-refractivity contribution is 0.460. The Labute approximate surface area is 94.9 Å². The van der Waals surface area contributed by atoms with Gasteiger partial charge in [0, 0.05) is 12.6 Å². The fourth-order valence-corrected chi connectivity index (χ4v) is 1.36. The molecule has 0 saturated heterocycles. The molecular formula is C13H14N2O.